The van der Waals surface area contributed by atoms with Crippen LogP contribution in [0.4, 0.5) is 4.79 Å². The molecule has 0 aliphatic carbocycles. The third kappa shape index (κ3) is 29.3. The zero-order valence-corrected chi connectivity index (χ0v) is 49.8. The molecule has 22 heteroatoms. The van der Waals surface area contributed by atoms with Crippen LogP contribution in [0.2, 0.25) is 0 Å². The number of quaternary nitrogens is 1. The Morgan fingerprint density at radius 2 is 1.26 bits per heavy atom. The van der Waals surface area contributed by atoms with Crippen LogP contribution in [-0.4, -0.2) is 102 Å². The Labute approximate surface area is 493 Å². The number of unbranched alkanes of at least 4 members (excludes halogenated alkanes) is 8. The molecule has 5 rings (SSSR count). The van der Waals surface area contributed by atoms with Crippen molar-refractivity contribution in [1.82, 2.24) is 31.7 Å². The number of aliphatic imine (C=N–C) groups is 1. The monoisotopic (exact) mass is 1170 g/mol. The largest absolute Gasteiger partial charge is 0.489 e. The quantitative estimate of drug-likeness (QED) is 0.00497. The average Bonchev–Trinajstić information content (AvgIpc) is 4.09. The molecule has 1 aromatic heterocycles. The van der Waals surface area contributed by atoms with Gasteiger partial charge in [0.15, 0.2) is 6.04 Å². The number of ether oxygens (including phenoxy) is 3. The predicted molar refractivity (Wildman–Crippen MR) is 322 cm³/mol. The van der Waals surface area contributed by atoms with E-state index >= 15 is 0 Å². The molecule has 1 heterocycles. The standard InChI is InChI=1S/C33H48N2O6.C27H36N8O6.C2H6/c1-33(2,3)41-32(39)34-23-15-10-8-6-4-5-7-9-14-18-30(36)35-29(31(37)38)24-26-19-21-28(22-20-26)40-25-27-16-12-11-13-17-27;1-39-26(38)23(15-18-16-32-21-11-6-5-10-19(18)21)34-25(37)22(12-7-13-31-27(29)35-41-40-30)33-24(36)20(28)14-17-8-3-2-4-9-17;1-2/h11-13,16-17,19-22,29H,4-10,14-15,18,23-25H2,1-3H3,(H,34,39)(H,35,36)(H,37,38);2-6,8-11,16,20,22-23,32H,7,12-15,28,30H2,1H3,(H,33,36)(H,34,37)(H3,29,31,35);1-2H3/p+1/t29-;20-,22+,23+;/m01./s1. The summed E-state index contributed by atoms with van der Waals surface area (Å²) in [6.45, 7) is 10.8. The summed E-state index contributed by atoms with van der Waals surface area (Å²) >= 11 is 0. The number of carbonyl (C=O) groups is 6. The molecule has 0 spiro atoms. The van der Waals surface area contributed by atoms with Crippen molar-refractivity contribution < 1.29 is 63.8 Å². The van der Waals surface area contributed by atoms with Crippen molar-refractivity contribution in [2.75, 3.05) is 20.2 Å². The first-order valence-corrected chi connectivity index (χ1v) is 28.9. The van der Waals surface area contributed by atoms with Crippen molar-refractivity contribution in [3.63, 3.8) is 0 Å². The van der Waals surface area contributed by atoms with Gasteiger partial charge in [-0.3, -0.25) is 19.4 Å². The Bertz CT molecular complexity index is 2720. The number of rotatable bonds is 34. The topological polar surface area (TPSA) is 337 Å². The van der Waals surface area contributed by atoms with Crippen molar-refractivity contribution in [2.24, 2.45) is 16.6 Å². The summed E-state index contributed by atoms with van der Waals surface area (Å²) in [4.78, 5) is 90.3. The van der Waals surface area contributed by atoms with Gasteiger partial charge >= 0.3 is 18.0 Å². The molecule has 14 N–H and O–H groups in total. The number of hydrogen-bond donors (Lipinski definition) is 10. The first-order valence-electron chi connectivity index (χ1n) is 28.9. The zero-order valence-electron chi connectivity index (χ0n) is 49.8. The Kier molecular flexibility index (Phi) is 33.6. The van der Waals surface area contributed by atoms with Crippen LogP contribution in [0.15, 0.2) is 120 Å². The van der Waals surface area contributed by atoms with E-state index < -0.39 is 53.5 Å². The van der Waals surface area contributed by atoms with Gasteiger partial charge in [-0.15, -0.1) is 4.99 Å². The number of carboxylic acids is 1. The highest BCUT2D eigenvalue weighted by molar-refractivity contribution is 5.92. The number of H-pyrrole nitrogens is 1. The van der Waals surface area contributed by atoms with Gasteiger partial charge in [0.05, 0.1) is 7.11 Å². The minimum Gasteiger partial charge on any atom is -0.489 e. The van der Waals surface area contributed by atoms with Gasteiger partial charge in [-0.05, 0) is 86.9 Å². The van der Waals surface area contributed by atoms with Gasteiger partial charge in [0.25, 0.3) is 5.91 Å². The van der Waals surface area contributed by atoms with Gasteiger partial charge < -0.3 is 57.0 Å². The molecule has 4 aromatic carbocycles. The fourth-order valence-corrected chi connectivity index (χ4v) is 8.59. The third-order valence-electron chi connectivity index (χ3n) is 12.9. The van der Waals surface area contributed by atoms with Crippen LogP contribution in [-0.2, 0) is 69.3 Å². The molecule has 0 unspecified atom stereocenters. The fraction of sp³-hybridized carbons (Fsp3) is 0.468. The molecule has 0 fully saturated rings. The van der Waals surface area contributed by atoms with E-state index in [4.69, 9.17) is 25.8 Å². The Balaban J connectivity index is 0.000000428. The summed E-state index contributed by atoms with van der Waals surface area (Å²) in [5.41, 5.74) is 15.8. The van der Waals surface area contributed by atoms with Crippen molar-refractivity contribution in [1.29, 1.82) is 0 Å². The van der Waals surface area contributed by atoms with E-state index in [1.807, 2.05) is 144 Å². The van der Waals surface area contributed by atoms with Crippen LogP contribution in [0, 0.1) is 0 Å². The highest BCUT2D eigenvalue weighted by atomic mass is 17.3. The highest BCUT2D eigenvalue weighted by Crippen LogP contribution is 2.21. The summed E-state index contributed by atoms with van der Waals surface area (Å²) in [5.74, 6) is 2.54. The Morgan fingerprint density at radius 3 is 1.88 bits per heavy atom. The minimum atomic E-state index is -1.04. The highest BCUT2D eigenvalue weighted by Gasteiger charge is 2.30. The normalized spacial score (nSPS) is 12.5. The number of amides is 4. The molecule has 0 saturated heterocycles. The molecule has 0 saturated carbocycles. The van der Waals surface area contributed by atoms with E-state index in [1.165, 1.54) is 7.11 Å². The van der Waals surface area contributed by atoms with Crippen LogP contribution >= 0.6 is 0 Å². The number of carboxylic acid groups (broad SMARTS) is 1. The zero-order chi connectivity index (χ0) is 61.5. The number of para-hydroxylation sites is 1. The second-order valence-electron chi connectivity index (χ2n) is 20.7. The van der Waals surface area contributed by atoms with Crippen LogP contribution in [0.3, 0.4) is 0 Å². The lowest BCUT2D eigenvalue weighted by Crippen LogP contribution is -2.70. The van der Waals surface area contributed by atoms with Crippen molar-refractivity contribution in [3.05, 3.63) is 138 Å². The molecule has 0 aliphatic heterocycles. The molecule has 460 valence electrons. The molecule has 5 aromatic rings. The lowest BCUT2D eigenvalue weighted by molar-refractivity contribution is -0.403. The number of nitrogens with two attached hydrogens (primary N) is 2. The number of carbonyl (C=O) groups excluding carboxylic acids is 5. The number of aromatic nitrogens is 1. The predicted octanol–water partition coefficient (Wildman–Crippen LogP) is 6.96. The maximum atomic E-state index is 13.5. The number of hydroxylamine groups is 1. The summed E-state index contributed by atoms with van der Waals surface area (Å²) in [7, 11) is 1.25. The van der Waals surface area contributed by atoms with Gasteiger partial charge in [0.1, 0.15) is 36.1 Å². The van der Waals surface area contributed by atoms with Gasteiger partial charge in [-0.2, -0.15) is 5.90 Å². The SMILES string of the molecule is CC.CC(C)(C)OC(=O)NCCCCCCCCCCCC(=O)N[C@@H](Cc1ccc(OCc2ccccc2)cc1)C(=O)O.COC(=O)[C@H](Cc1c[nH]c2ccccc12)NC(=O)[C@H](CCCN=C(N)NOON)NC(=O)[C@H]([NH3+])Cc1ccccc1. The average molecular weight is 1170 g/mol. The number of methoxy groups -OCH3 is 1. The molecular formula is C62H91N10O12+. The number of nitrogens with one attached hydrogen (secondary N) is 6. The number of benzene rings is 4. The molecule has 22 nitrogen and oxygen atoms in total. The molecule has 4 atom stereocenters. The Morgan fingerprint density at radius 1 is 0.679 bits per heavy atom. The van der Waals surface area contributed by atoms with Crippen LogP contribution < -0.4 is 48.8 Å². The van der Waals surface area contributed by atoms with Crippen LogP contribution in [0.5, 0.6) is 5.75 Å². The van der Waals surface area contributed by atoms with E-state index in [-0.39, 0.29) is 43.8 Å². The summed E-state index contributed by atoms with van der Waals surface area (Å²) < 4.78 is 16.0. The van der Waals surface area contributed by atoms with Gasteiger partial charge in [-0.1, -0.05) is 155 Å². The van der Waals surface area contributed by atoms with Crippen molar-refractivity contribution in [2.45, 2.75) is 167 Å². The number of nitrogens with zero attached hydrogens (tertiary/aromatic N) is 1. The van der Waals surface area contributed by atoms with E-state index in [9.17, 15) is 33.9 Å². The third-order valence-corrected chi connectivity index (χ3v) is 12.9. The molecule has 4 amide bonds. The second kappa shape index (κ2) is 40.2. The Hall–Kier alpha value is -8.05. The first-order chi connectivity index (χ1) is 40.4. The van der Waals surface area contributed by atoms with Gasteiger partial charge in [-0.25, -0.2) is 19.9 Å². The molecular weight excluding hydrogens is 1080 g/mol. The molecule has 84 heavy (non-hydrogen) atoms. The van der Waals surface area contributed by atoms with Crippen LogP contribution in [0.1, 0.15) is 134 Å². The van der Waals surface area contributed by atoms with Gasteiger partial charge in [0.2, 0.25) is 17.8 Å². The number of hydrogen-bond acceptors (Lipinski definition) is 13. The maximum Gasteiger partial charge on any atom is 0.407 e. The number of fused-ring (bicyclic) bond motifs is 1. The van der Waals surface area contributed by atoms with Gasteiger partial charge in [0, 0.05) is 55.9 Å². The van der Waals surface area contributed by atoms with E-state index in [1.54, 1.807) is 6.20 Å². The number of guanidine groups is 1. The molecule has 0 radical (unpaired) electrons. The molecule has 0 bridgehead atoms. The summed E-state index contributed by atoms with van der Waals surface area (Å²) in [6.07, 6.45) is 12.5. The minimum absolute atomic E-state index is 0.0920. The summed E-state index contributed by atoms with van der Waals surface area (Å²) in [5, 5.41) is 21.5. The van der Waals surface area contributed by atoms with Crippen molar-refractivity contribution in [3.8, 4) is 5.75 Å². The number of esters is 1. The fourth-order valence-electron chi connectivity index (χ4n) is 8.59. The van der Waals surface area contributed by atoms with E-state index in [0.717, 1.165) is 90.9 Å². The number of aliphatic carboxylic acids is 1. The number of alkyl carbamates (subject to hydrolysis) is 1. The second-order valence-corrected chi connectivity index (χ2v) is 20.7. The molecule has 0 aliphatic rings. The van der Waals surface area contributed by atoms with Crippen LogP contribution in [0.25, 0.3) is 10.9 Å². The first kappa shape index (κ1) is 70.2. The number of aromatic amines is 1. The lowest BCUT2D eigenvalue weighted by Gasteiger charge is -2.23. The lowest BCUT2D eigenvalue weighted by atomic mass is 10.0. The summed E-state index contributed by atoms with van der Waals surface area (Å²) in [6, 6.07) is 30.7. The van der Waals surface area contributed by atoms with E-state index in [0.29, 0.717) is 38.2 Å². The van der Waals surface area contributed by atoms with Crippen molar-refractivity contribution >= 4 is 52.6 Å². The maximum absolute atomic E-state index is 13.5. The smallest absolute Gasteiger partial charge is 0.407 e. The van der Waals surface area contributed by atoms with E-state index in [2.05, 4.69) is 52.4 Å².